The van der Waals surface area contributed by atoms with Crippen molar-refractivity contribution in [3.63, 3.8) is 0 Å². The number of carboxylic acid groups (broad SMARTS) is 6. The van der Waals surface area contributed by atoms with Crippen LogP contribution in [0.5, 0.6) is 0 Å². The summed E-state index contributed by atoms with van der Waals surface area (Å²) in [6.45, 7) is 0. The zero-order valence-electron chi connectivity index (χ0n) is 38.2. The van der Waals surface area contributed by atoms with Crippen LogP contribution in [0, 0.1) is 0 Å². The molecule has 0 saturated carbocycles. The lowest BCUT2D eigenvalue weighted by Crippen LogP contribution is -2.29. The van der Waals surface area contributed by atoms with Gasteiger partial charge in [0.1, 0.15) is 0 Å². The van der Waals surface area contributed by atoms with Crippen LogP contribution in [-0.2, 0) is 9.59 Å². The van der Waals surface area contributed by atoms with Gasteiger partial charge in [-0.1, -0.05) is 84.3 Å². The minimum Gasteiger partial charge on any atom is -0.478 e. The zero-order valence-corrected chi connectivity index (χ0v) is 38.2. The molecule has 0 aliphatic heterocycles. The summed E-state index contributed by atoms with van der Waals surface area (Å²) in [6, 6.07) is 38.8. The maximum absolute atomic E-state index is 12.3. The maximum atomic E-state index is 12.3. The molecule has 6 N–H and O–H groups in total. The Hall–Kier alpha value is -9.86. The fourth-order valence-electron chi connectivity index (χ4n) is 10.8. The van der Waals surface area contributed by atoms with E-state index in [-0.39, 0.29) is 45.7 Å². The first-order valence-corrected chi connectivity index (χ1v) is 23.1. The van der Waals surface area contributed by atoms with Gasteiger partial charge in [0.15, 0.2) is 0 Å². The Kier molecular flexibility index (Phi) is 10.9. The average Bonchev–Trinajstić information content (AvgIpc) is 3.91. The normalized spacial score (nSPS) is 16.6. The van der Waals surface area contributed by atoms with Gasteiger partial charge in [-0.3, -0.25) is 0 Å². The van der Waals surface area contributed by atoms with Crippen molar-refractivity contribution in [1.29, 1.82) is 0 Å². The first-order chi connectivity index (χ1) is 35.1. The third-order valence-corrected chi connectivity index (χ3v) is 14.4. The molecular formula is C61H38O12. The quantitative estimate of drug-likeness (QED) is 0.0629. The molecule has 0 aromatic heterocycles. The Labute approximate surface area is 415 Å². The molecule has 0 saturated heterocycles. The average molecular weight is 963 g/mol. The maximum Gasteiger partial charge on any atom is 0.340 e. The first-order valence-electron chi connectivity index (χ1n) is 23.1. The van der Waals surface area contributed by atoms with E-state index in [9.17, 15) is 59.4 Å². The molecule has 5 aliphatic carbocycles. The van der Waals surface area contributed by atoms with Gasteiger partial charge in [0.2, 0.25) is 0 Å². The second-order valence-corrected chi connectivity index (χ2v) is 18.4. The molecule has 7 aromatic rings. The molecule has 7 aromatic carbocycles. The second-order valence-electron chi connectivity index (χ2n) is 18.4. The lowest BCUT2D eigenvalue weighted by molar-refractivity contribution is -0.133. The van der Waals surface area contributed by atoms with Gasteiger partial charge in [-0.05, 0) is 174 Å². The van der Waals surface area contributed by atoms with E-state index in [1.807, 2.05) is 6.08 Å². The number of rotatable bonds is 12. The van der Waals surface area contributed by atoms with Gasteiger partial charge in [0, 0.05) is 29.7 Å². The van der Waals surface area contributed by atoms with E-state index in [1.54, 1.807) is 60.7 Å². The van der Waals surface area contributed by atoms with Crippen LogP contribution in [0.4, 0.5) is 0 Å². The van der Waals surface area contributed by atoms with Crippen LogP contribution >= 0.6 is 0 Å². The SMILES string of the molecule is O=C(O)C1=C=C=C(c2cc3c(cc2C2C=CC(C(=O)O)=CC2)C2c4cc(-c5ccc(C(=O)O)cc5)c(-c5ccc(C(=O)O)cc5)cc4C3c3cc(-c4ccc(C(=O)O)cc4)c(-c4ccc(C(=O)O)cc4)cc32)C1. The molecule has 0 amide bonds. The molecule has 5 aliphatic rings. The summed E-state index contributed by atoms with van der Waals surface area (Å²) in [5, 5.41) is 59.3. The lowest BCUT2D eigenvalue weighted by Gasteiger charge is -2.44. The molecule has 12 heteroatoms. The first kappa shape index (κ1) is 45.6. The predicted octanol–water partition coefficient (Wildman–Crippen LogP) is 11.7. The molecule has 0 heterocycles. The van der Waals surface area contributed by atoms with E-state index in [4.69, 9.17) is 0 Å². The van der Waals surface area contributed by atoms with E-state index >= 15 is 0 Å². The van der Waals surface area contributed by atoms with Gasteiger partial charge in [0.05, 0.1) is 33.4 Å². The Balaban J connectivity index is 1.21. The summed E-state index contributed by atoms with van der Waals surface area (Å²) in [5.74, 6) is -7.84. The van der Waals surface area contributed by atoms with Crippen LogP contribution in [0.25, 0.3) is 50.1 Å². The van der Waals surface area contributed by atoms with Crippen LogP contribution in [0.3, 0.4) is 0 Å². The van der Waals surface area contributed by atoms with Crippen LogP contribution in [-0.4, -0.2) is 66.5 Å². The van der Waals surface area contributed by atoms with Crippen molar-refractivity contribution in [2.45, 2.75) is 30.6 Å². The second kappa shape index (κ2) is 17.5. The van der Waals surface area contributed by atoms with Gasteiger partial charge in [-0.15, -0.1) is 0 Å². The monoisotopic (exact) mass is 962 g/mol. The summed E-state index contributed by atoms with van der Waals surface area (Å²) < 4.78 is 0. The van der Waals surface area contributed by atoms with Gasteiger partial charge in [0.25, 0.3) is 0 Å². The van der Waals surface area contributed by atoms with Gasteiger partial charge in [-0.25, -0.2) is 28.8 Å². The van der Waals surface area contributed by atoms with Crippen molar-refractivity contribution in [2.24, 2.45) is 0 Å². The number of aromatic carboxylic acids is 4. The third-order valence-electron chi connectivity index (χ3n) is 14.4. The molecular weight excluding hydrogens is 925 g/mol. The van der Waals surface area contributed by atoms with Crippen LogP contribution in [0.1, 0.15) is 117 Å². The van der Waals surface area contributed by atoms with Crippen molar-refractivity contribution in [3.05, 3.63) is 241 Å². The number of allylic oxidation sites excluding steroid dienone is 3. The number of aliphatic carboxylic acids is 2. The highest BCUT2D eigenvalue weighted by molar-refractivity contribution is 5.96. The van der Waals surface area contributed by atoms with Gasteiger partial charge >= 0.3 is 35.8 Å². The largest absolute Gasteiger partial charge is 0.478 e. The highest BCUT2D eigenvalue weighted by atomic mass is 16.4. The summed E-state index contributed by atoms with van der Waals surface area (Å²) in [6.07, 6.45) is 5.50. The Bertz CT molecular complexity index is 3630. The number of hydrogen-bond donors (Lipinski definition) is 6. The molecule has 12 nitrogen and oxygen atoms in total. The third kappa shape index (κ3) is 7.86. The van der Waals surface area contributed by atoms with Crippen molar-refractivity contribution in [1.82, 2.24) is 0 Å². The van der Waals surface area contributed by atoms with E-state index in [0.29, 0.717) is 34.2 Å². The highest BCUT2D eigenvalue weighted by Gasteiger charge is 2.44. The van der Waals surface area contributed by atoms with Crippen molar-refractivity contribution in [2.75, 3.05) is 0 Å². The van der Waals surface area contributed by atoms with E-state index in [1.165, 1.54) is 48.5 Å². The van der Waals surface area contributed by atoms with Crippen molar-refractivity contribution < 1.29 is 59.4 Å². The van der Waals surface area contributed by atoms with Crippen LogP contribution in [0.2, 0.25) is 0 Å². The topological polar surface area (TPSA) is 224 Å². The summed E-state index contributed by atoms with van der Waals surface area (Å²) in [4.78, 5) is 72.5. The summed E-state index contributed by atoms with van der Waals surface area (Å²) in [5.41, 5.74) is 20.1. The van der Waals surface area contributed by atoms with Crippen LogP contribution < -0.4 is 0 Å². The molecule has 0 radical (unpaired) electrons. The molecule has 1 atom stereocenters. The Morgan fingerprint density at radius 3 is 1.01 bits per heavy atom. The number of carboxylic acids is 6. The Morgan fingerprint density at radius 2 is 0.726 bits per heavy atom. The fraction of sp³-hybridized carbons (Fsp3) is 0.0820. The minimum atomic E-state index is -1.12. The molecule has 354 valence electrons. The molecule has 73 heavy (non-hydrogen) atoms. The fourth-order valence-corrected chi connectivity index (χ4v) is 10.8. The number of carbonyl (C=O) groups is 6. The lowest BCUT2D eigenvalue weighted by atomic mass is 9.58. The smallest absolute Gasteiger partial charge is 0.340 e. The highest BCUT2D eigenvalue weighted by Crippen LogP contribution is 2.60. The van der Waals surface area contributed by atoms with Gasteiger partial charge < -0.3 is 30.6 Å². The standard InChI is InChI=1S/C61H38O12/c62-56(63)35-11-1-30(2-12-35)42-24-48-50(26-44(42)32-5-15-37(16-6-32)58(66)67)55-51-27-45(33-7-17-38(18-8-33)59(68)69)43(31-3-13-36(14-4-31)57(64)65)25-49(51)54(48)52-28-46(34-9-19-39(20-10-34)60(70)71)47(29-53(52)55)40-21-22-41(23-40)61(72)73/h1-9,11-20,24-29,34,54-55H,10,23H2,(H,62,63)(H,64,65)(H,66,67)(H,68,69)(H,70,71)(H,72,73). The van der Waals surface area contributed by atoms with Crippen molar-refractivity contribution >= 4 is 41.4 Å². The zero-order chi connectivity index (χ0) is 51.0. The molecule has 0 spiro atoms. The molecule has 0 fully saturated rings. The summed E-state index contributed by atoms with van der Waals surface area (Å²) >= 11 is 0. The number of hydrogen-bond acceptors (Lipinski definition) is 6. The van der Waals surface area contributed by atoms with Gasteiger partial charge in [-0.2, -0.15) is 0 Å². The van der Waals surface area contributed by atoms with Crippen LogP contribution in [0.15, 0.2) is 174 Å². The Morgan fingerprint density at radius 1 is 0.384 bits per heavy atom. The van der Waals surface area contributed by atoms with E-state index in [0.717, 1.165) is 66.8 Å². The van der Waals surface area contributed by atoms with E-state index < -0.39 is 47.7 Å². The predicted molar refractivity (Wildman–Crippen MR) is 269 cm³/mol. The number of benzene rings is 7. The van der Waals surface area contributed by atoms with E-state index in [2.05, 4.69) is 47.9 Å². The minimum absolute atomic E-state index is 0.0491. The van der Waals surface area contributed by atoms with Crippen molar-refractivity contribution in [3.8, 4) is 44.5 Å². The molecule has 2 bridgehead atoms. The molecule has 12 rings (SSSR count). The molecule has 1 unspecified atom stereocenters. The summed E-state index contributed by atoms with van der Waals surface area (Å²) in [7, 11) is 0.